The van der Waals surface area contributed by atoms with Crippen LogP contribution in [0.15, 0.2) is 78.9 Å². The van der Waals surface area contributed by atoms with Crippen LogP contribution in [0.4, 0.5) is 9.59 Å². The lowest BCUT2D eigenvalue weighted by Crippen LogP contribution is -2.68. The molecule has 0 fully saturated rings. The number of hydrazine groups is 1. The Kier molecular flexibility index (Phi) is 8.36. The van der Waals surface area contributed by atoms with E-state index in [0.29, 0.717) is 5.56 Å². The Morgan fingerprint density at radius 2 is 1.48 bits per heavy atom. The lowest BCUT2D eigenvalue weighted by atomic mass is 9.75. The molecule has 1 unspecified atom stereocenters. The van der Waals surface area contributed by atoms with Crippen molar-refractivity contribution < 1.29 is 28.7 Å². The van der Waals surface area contributed by atoms with Crippen molar-refractivity contribution in [3.05, 3.63) is 106 Å². The number of amides is 4. The van der Waals surface area contributed by atoms with E-state index in [1.165, 1.54) is 6.07 Å². The topological polar surface area (TPSA) is 105 Å². The van der Waals surface area contributed by atoms with Crippen molar-refractivity contribution >= 4 is 35.6 Å². The molecule has 3 aromatic carbocycles. The van der Waals surface area contributed by atoms with E-state index < -0.39 is 40.7 Å². The summed E-state index contributed by atoms with van der Waals surface area (Å²) >= 11 is 6.44. The predicted octanol–water partition coefficient (Wildman–Crippen LogP) is 6.44. The Balaban J connectivity index is 2.05. The van der Waals surface area contributed by atoms with Gasteiger partial charge in [-0.25, -0.2) is 15.0 Å². The van der Waals surface area contributed by atoms with Crippen LogP contribution in [-0.4, -0.2) is 45.1 Å². The molecule has 0 saturated heterocycles. The molecule has 42 heavy (non-hydrogen) atoms. The lowest BCUT2D eigenvalue weighted by Gasteiger charge is -2.47. The SMILES string of the molecule is CC(C)(C)OC(=O)NN(C(=O)OC(C)(C)C)C1(c2cccc(Cl)c2)C(=O)N(Cc2ccccc2)C(=O)c2ccccc21. The maximum atomic E-state index is 14.9. The van der Waals surface area contributed by atoms with E-state index >= 15 is 0 Å². The minimum absolute atomic E-state index is 0.0935. The lowest BCUT2D eigenvalue weighted by molar-refractivity contribution is -0.143. The average Bonchev–Trinajstić information content (AvgIpc) is 2.89. The number of fused-ring (bicyclic) bond motifs is 1. The normalized spacial score (nSPS) is 16.9. The van der Waals surface area contributed by atoms with Crippen molar-refractivity contribution in [2.75, 3.05) is 0 Å². The van der Waals surface area contributed by atoms with E-state index in [1.54, 1.807) is 108 Å². The van der Waals surface area contributed by atoms with Crippen molar-refractivity contribution in [1.82, 2.24) is 15.3 Å². The van der Waals surface area contributed by atoms with Crippen molar-refractivity contribution in [3.8, 4) is 0 Å². The summed E-state index contributed by atoms with van der Waals surface area (Å²) in [6, 6.07) is 21.8. The van der Waals surface area contributed by atoms with Crippen LogP contribution in [-0.2, 0) is 26.4 Å². The second-order valence-corrected chi connectivity index (χ2v) is 12.3. The maximum Gasteiger partial charge on any atom is 0.431 e. The van der Waals surface area contributed by atoms with Gasteiger partial charge in [-0.3, -0.25) is 14.5 Å². The number of halogens is 1. The number of nitrogens with one attached hydrogen (secondary N) is 1. The van der Waals surface area contributed by atoms with Crippen molar-refractivity contribution in [2.24, 2.45) is 0 Å². The molecule has 1 heterocycles. The fourth-order valence-corrected chi connectivity index (χ4v) is 4.94. The van der Waals surface area contributed by atoms with Gasteiger partial charge in [-0.15, -0.1) is 0 Å². The third kappa shape index (κ3) is 6.26. The van der Waals surface area contributed by atoms with Crippen LogP contribution >= 0.6 is 11.6 Å². The van der Waals surface area contributed by atoms with E-state index in [-0.39, 0.29) is 28.3 Å². The summed E-state index contributed by atoms with van der Waals surface area (Å²) in [4.78, 5) is 57.2. The Bertz CT molecular complexity index is 1510. The van der Waals surface area contributed by atoms with Gasteiger partial charge in [0.2, 0.25) is 0 Å². The van der Waals surface area contributed by atoms with Gasteiger partial charge in [0.15, 0.2) is 5.54 Å². The molecule has 1 aliphatic heterocycles. The highest BCUT2D eigenvalue weighted by Gasteiger charge is 2.59. The van der Waals surface area contributed by atoms with E-state index in [0.717, 1.165) is 9.91 Å². The molecule has 1 atom stereocenters. The van der Waals surface area contributed by atoms with Crippen LogP contribution in [0, 0.1) is 0 Å². The zero-order valence-electron chi connectivity index (χ0n) is 24.4. The summed E-state index contributed by atoms with van der Waals surface area (Å²) in [5.74, 6) is -1.35. The number of carbonyl (C=O) groups is 4. The molecule has 220 valence electrons. The highest BCUT2D eigenvalue weighted by Crippen LogP contribution is 2.44. The molecule has 1 aliphatic rings. The monoisotopic (exact) mass is 591 g/mol. The predicted molar refractivity (Wildman–Crippen MR) is 157 cm³/mol. The van der Waals surface area contributed by atoms with E-state index in [2.05, 4.69) is 5.43 Å². The molecule has 0 bridgehead atoms. The molecule has 0 aliphatic carbocycles. The zero-order chi connectivity index (χ0) is 30.9. The van der Waals surface area contributed by atoms with Crippen molar-refractivity contribution in [2.45, 2.75) is 64.8 Å². The van der Waals surface area contributed by atoms with Gasteiger partial charge in [0, 0.05) is 16.1 Å². The molecule has 0 spiro atoms. The molecule has 4 amide bonds. The number of ether oxygens (including phenoxy) is 2. The van der Waals surface area contributed by atoms with Gasteiger partial charge in [0.25, 0.3) is 11.8 Å². The van der Waals surface area contributed by atoms with Crippen LogP contribution in [0.5, 0.6) is 0 Å². The van der Waals surface area contributed by atoms with Crippen LogP contribution < -0.4 is 5.43 Å². The van der Waals surface area contributed by atoms with Crippen LogP contribution in [0.1, 0.15) is 68.6 Å². The number of nitrogens with zero attached hydrogens (tertiary/aromatic N) is 2. The molecule has 0 saturated carbocycles. The van der Waals surface area contributed by atoms with Crippen molar-refractivity contribution in [3.63, 3.8) is 0 Å². The van der Waals surface area contributed by atoms with E-state index in [9.17, 15) is 19.2 Å². The number of hydrogen-bond acceptors (Lipinski definition) is 6. The van der Waals surface area contributed by atoms with Gasteiger partial charge in [-0.05, 0) is 70.9 Å². The van der Waals surface area contributed by atoms with E-state index in [4.69, 9.17) is 21.1 Å². The molecule has 4 rings (SSSR count). The summed E-state index contributed by atoms with van der Waals surface area (Å²) in [6.07, 6.45) is -2.06. The molecule has 10 heteroatoms. The van der Waals surface area contributed by atoms with Crippen LogP contribution in [0.25, 0.3) is 0 Å². The number of hydrogen-bond donors (Lipinski definition) is 1. The Labute approximate surface area is 250 Å². The fourth-order valence-electron chi connectivity index (χ4n) is 4.75. The number of rotatable bonds is 4. The summed E-state index contributed by atoms with van der Waals surface area (Å²) < 4.78 is 11.2. The smallest absolute Gasteiger partial charge is 0.431 e. The van der Waals surface area contributed by atoms with Gasteiger partial charge in [-0.2, -0.15) is 5.01 Å². The third-order valence-electron chi connectivity index (χ3n) is 6.29. The third-order valence-corrected chi connectivity index (χ3v) is 6.52. The first kappa shape index (κ1) is 30.6. The minimum atomic E-state index is -2.12. The van der Waals surface area contributed by atoms with Crippen LogP contribution in [0.3, 0.4) is 0 Å². The first-order valence-electron chi connectivity index (χ1n) is 13.4. The van der Waals surface area contributed by atoms with Gasteiger partial charge in [-0.1, -0.05) is 72.3 Å². The Hall–Kier alpha value is -4.37. The molecular weight excluding hydrogens is 558 g/mol. The largest absolute Gasteiger partial charge is 0.443 e. The molecule has 1 N–H and O–H groups in total. The average molecular weight is 592 g/mol. The molecular formula is C32H34ClN3O6. The highest BCUT2D eigenvalue weighted by atomic mass is 35.5. The number of imide groups is 1. The zero-order valence-corrected chi connectivity index (χ0v) is 25.2. The summed E-state index contributed by atoms with van der Waals surface area (Å²) in [6.45, 7) is 9.87. The fraction of sp³-hybridized carbons (Fsp3) is 0.312. The quantitative estimate of drug-likeness (QED) is 0.276. The highest BCUT2D eigenvalue weighted by molar-refractivity contribution is 6.30. The standard InChI is InChI=1S/C32H34ClN3O6/c1-30(2,3)41-28(39)34-36(29(40)42-31(4,5)6)32(22-15-12-16-23(33)19-22)25-18-11-10-17-24(25)26(37)35(27(32)38)20-21-13-8-7-9-14-21/h7-19H,20H2,1-6H3,(H,34,39). The first-order valence-corrected chi connectivity index (χ1v) is 13.8. The second-order valence-electron chi connectivity index (χ2n) is 11.9. The summed E-state index contributed by atoms with van der Waals surface area (Å²) in [7, 11) is 0. The first-order chi connectivity index (χ1) is 19.6. The molecule has 0 radical (unpaired) electrons. The Morgan fingerprint density at radius 3 is 2.10 bits per heavy atom. The minimum Gasteiger partial charge on any atom is -0.443 e. The van der Waals surface area contributed by atoms with Crippen LogP contribution in [0.2, 0.25) is 5.02 Å². The van der Waals surface area contributed by atoms with Crippen molar-refractivity contribution in [1.29, 1.82) is 0 Å². The molecule has 0 aromatic heterocycles. The maximum absolute atomic E-state index is 14.9. The molecule has 3 aromatic rings. The summed E-state index contributed by atoms with van der Waals surface area (Å²) in [5, 5.41) is 1.08. The number of benzene rings is 3. The van der Waals surface area contributed by atoms with Gasteiger partial charge in [0.1, 0.15) is 11.2 Å². The number of carbonyl (C=O) groups excluding carboxylic acids is 4. The van der Waals surface area contributed by atoms with Gasteiger partial charge < -0.3 is 9.47 Å². The summed E-state index contributed by atoms with van der Waals surface area (Å²) in [5.41, 5.74) is -0.356. The van der Waals surface area contributed by atoms with E-state index in [1.807, 2.05) is 6.07 Å². The Morgan fingerprint density at radius 1 is 0.857 bits per heavy atom. The van der Waals surface area contributed by atoms with Gasteiger partial charge in [0.05, 0.1) is 6.54 Å². The molecule has 9 nitrogen and oxygen atoms in total. The second kappa shape index (κ2) is 11.5. The van der Waals surface area contributed by atoms with Gasteiger partial charge >= 0.3 is 12.2 Å².